The number of hydrogen-bond acceptors (Lipinski definition) is 4. The molecule has 0 unspecified atom stereocenters. The first-order valence-corrected chi connectivity index (χ1v) is 8.05. The fourth-order valence-corrected chi connectivity index (χ4v) is 4.27. The van der Waals surface area contributed by atoms with Crippen LogP contribution in [0.5, 0.6) is 0 Å². The van der Waals surface area contributed by atoms with Gasteiger partial charge in [0.15, 0.2) is 0 Å². The quantitative estimate of drug-likeness (QED) is 0.786. The normalized spacial score (nSPS) is 17.6. The number of halogens is 1. The van der Waals surface area contributed by atoms with Crippen LogP contribution in [0.3, 0.4) is 0 Å². The molecule has 0 amide bonds. The number of rotatable bonds is 2. The highest BCUT2D eigenvalue weighted by Gasteiger charge is 2.42. The van der Waals surface area contributed by atoms with Gasteiger partial charge in [0.1, 0.15) is 5.82 Å². The van der Waals surface area contributed by atoms with Crippen molar-refractivity contribution in [2.75, 3.05) is 6.61 Å². The van der Waals surface area contributed by atoms with Gasteiger partial charge in [0.2, 0.25) is 10.0 Å². The van der Waals surface area contributed by atoms with Crippen LogP contribution >= 0.6 is 0 Å². The van der Waals surface area contributed by atoms with Gasteiger partial charge < -0.3 is 4.74 Å². The van der Waals surface area contributed by atoms with Gasteiger partial charge in [-0.3, -0.25) is 0 Å². The molecule has 1 aromatic rings. The summed E-state index contributed by atoms with van der Waals surface area (Å²) in [5.41, 5.74) is -0.622. The molecule has 0 bridgehead atoms. The Morgan fingerprint density at radius 3 is 2.52 bits per heavy atom. The van der Waals surface area contributed by atoms with E-state index in [9.17, 15) is 17.6 Å². The number of hydrogen-bond donors (Lipinski definition) is 0. The Morgan fingerprint density at radius 1 is 1.38 bits per heavy atom. The van der Waals surface area contributed by atoms with Gasteiger partial charge in [0.05, 0.1) is 17.1 Å². The molecule has 5 nitrogen and oxygen atoms in total. The van der Waals surface area contributed by atoms with Gasteiger partial charge in [-0.1, -0.05) is 0 Å². The van der Waals surface area contributed by atoms with E-state index in [0.29, 0.717) is 5.56 Å². The Bertz CT molecular complexity index is 692. The first-order valence-electron chi connectivity index (χ1n) is 6.61. The predicted octanol–water partition coefficient (Wildman–Crippen LogP) is 2.31. The molecule has 0 saturated carbocycles. The lowest BCUT2D eigenvalue weighted by molar-refractivity contribution is 0.0520. The topological polar surface area (TPSA) is 63.7 Å². The van der Waals surface area contributed by atoms with Gasteiger partial charge in [-0.15, -0.1) is 0 Å². The highest BCUT2D eigenvalue weighted by molar-refractivity contribution is 7.89. The molecule has 7 heteroatoms. The predicted molar refractivity (Wildman–Crippen MR) is 74.8 cm³/mol. The van der Waals surface area contributed by atoms with E-state index in [4.69, 9.17) is 4.74 Å². The summed E-state index contributed by atoms with van der Waals surface area (Å²) in [4.78, 5) is 11.7. The molecule has 0 N–H and O–H groups in total. The number of nitrogens with zero attached hydrogens (tertiary/aromatic N) is 1. The Morgan fingerprint density at radius 2 is 2.00 bits per heavy atom. The van der Waals surface area contributed by atoms with Gasteiger partial charge >= 0.3 is 5.97 Å². The van der Waals surface area contributed by atoms with Crippen molar-refractivity contribution in [2.24, 2.45) is 0 Å². The molecule has 0 aromatic heterocycles. The van der Waals surface area contributed by atoms with Gasteiger partial charge in [-0.05, 0) is 45.4 Å². The molecule has 0 radical (unpaired) electrons. The largest absolute Gasteiger partial charge is 0.462 e. The fourth-order valence-electron chi connectivity index (χ4n) is 2.28. The third kappa shape index (κ3) is 2.67. The molecule has 0 saturated heterocycles. The zero-order valence-electron chi connectivity index (χ0n) is 12.4. The molecule has 116 valence electrons. The van der Waals surface area contributed by atoms with Gasteiger partial charge in [-0.2, -0.15) is 4.31 Å². The molecular weight excluding hydrogens is 297 g/mol. The van der Waals surface area contributed by atoms with Crippen LogP contribution in [0.2, 0.25) is 0 Å². The molecular formula is C14H18FNO4S. The third-order valence-corrected chi connectivity index (χ3v) is 5.47. The van der Waals surface area contributed by atoms with Crippen molar-refractivity contribution in [2.45, 2.75) is 44.7 Å². The minimum atomic E-state index is -3.73. The van der Waals surface area contributed by atoms with E-state index in [-0.39, 0.29) is 23.6 Å². The highest BCUT2D eigenvalue weighted by Crippen LogP contribution is 2.36. The molecule has 0 spiro atoms. The molecule has 1 aromatic carbocycles. The van der Waals surface area contributed by atoms with Crippen LogP contribution in [0.15, 0.2) is 17.0 Å². The van der Waals surface area contributed by atoms with Crippen LogP contribution in [-0.2, 0) is 21.3 Å². The van der Waals surface area contributed by atoms with E-state index in [1.54, 1.807) is 27.7 Å². The van der Waals surface area contributed by atoms with E-state index in [1.807, 2.05) is 0 Å². The third-order valence-electron chi connectivity index (χ3n) is 3.28. The van der Waals surface area contributed by atoms with Gasteiger partial charge in [-0.25, -0.2) is 17.6 Å². The first kappa shape index (κ1) is 15.9. The summed E-state index contributed by atoms with van der Waals surface area (Å²) in [5.74, 6) is -1.62. The number of fused-ring (bicyclic) bond motifs is 1. The van der Waals surface area contributed by atoms with Crippen molar-refractivity contribution < 1.29 is 22.3 Å². The SMILES string of the molecule is CCOC(=O)c1cc2c(cc1F)CN(C(C)(C)C)S2(=O)=O. The Hall–Kier alpha value is -1.47. The molecule has 1 heterocycles. The van der Waals surface area contributed by atoms with Crippen LogP contribution in [-0.4, -0.2) is 30.8 Å². The smallest absolute Gasteiger partial charge is 0.341 e. The van der Waals surface area contributed by atoms with E-state index in [1.165, 1.54) is 4.31 Å². The van der Waals surface area contributed by atoms with E-state index in [0.717, 1.165) is 12.1 Å². The fraction of sp³-hybridized carbons (Fsp3) is 0.500. The first-order chi connectivity index (χ1) is 9.59. The number of carbonyl (C=O) groups excluding carboxylic acids is 1. The second-order valence-corrected chi connectivity index (χ2v) is 7.67. The van der Waals surface area contributed by atoms with Crippen molar-refractivity contribution in [1.82, 2.24) is 4.31 Å². The van der Waals surface area contributed by atoms with Crippen LogP contribution in [0.4, 0.5) is 4.39 Å². The van der Waals surface area contributed by atoms with Crippen molar-refractivity contribution >= 4 is 16.0 Å². The van der Waals surface area contributed by atoms with Crippen LogP contribution in [0.1, 0.15) is 43.6 Å². The minimum absolute atomic E-state index is 0.0260. The lowest BCUT2D eigenvalue weighted by Gasteiger charge is -2.29. The lowest BCUT2D eigenvalue weighted by Crippen LogP contribution is -2.41. The number of carbonyl (C=O) groups is 1. The Balaban J connectivity index is 2.56. The number of benzene rings is 1. The van der Waals surface area contributed by atoms with Gasteiger partial charge in [0.25, 0.3) is 0 Å². The van der Waals surface area contributed by atoms with Crippen molar-refractivity contribution in [3.63, 3.8) is 0 Å². The number of ether oxygens (including phenoxy) is 1. The highest BCUT2D eigenvalue weighted by atomic mass is 32.2. The standard InChI is InChI=1S/C14H18FNO4S/c1-5-20-13(17)10-7-12-9(6-11(10)15)8-16(14(2,3)4)21(12,18)19/h6-7H,5,8H2,1-4H3. The summed E-state index contributed by atoms with van der Waals surface area (Å²) in [5, 5.41) is 0. The second kappa shape index (κ2) is 5.06. The summed E-state index contributed by atoms with van der Waals surface area (Å²) < 4.78 is 45.1. The average Bonchev–Trinajstić information content (AvgIpc) is 2.59. The van der Waals surface area contributed by atoms with Gasteiger partial charge in [0, 0.05) is 12.1 Å². The maximum absolute atomic E-state index is 14.0. The monoisotopic (exact) mass is 315 g/mol. The maximum Gasteiger partial charge on any atom is 0.341 e. The molecule has 1 aliphatic heterocycles. The summed E-state index contributed by atoms with van der Waals surface area (Å²) >= 11 is 0. The summed E-state index contributed by atoms with van der Waals surface area (Å²) in [6, 6.07) is 2.18. The Kier molecular flexibility index (Phi) is 3.84. The second-order valence-electron chi connectivity index (χ2n) is 5.84. The number of esters is 1. The zero-order valence-corrected chi connectivity index (χ0v) is 13.3. The molecule has 1 aliphatic rings. The molecule has 21 heavy (non-hydrogen) atoms. The molecule has 2 rings (SSSR count). The van der Waals surface area contributed by atoms with E-state index < -0.39 is 27.3 Å². The van der Waals surface area contributed by atoms with Crippen molar-refractivity contribution in [1.29, 1.82) is 0 Å². The van der Waals surface area contributed by atoms with Crippen molar-refractivity contribution in [3.05, 3.63) is 29.1 Å². The summed E-state index contributed by atoms with van der Waals surface area (Å²) in [6.45, 7) is 7.08. The van der Waals surface area contributed by atoms with Crippen LogP contribution < -0.4 is 0 Å². The zero-order chi connectivity index (χ0) is 16.0. The minimum Gasteiger partial charge on any atom is -0.462 e. The molecule has 0 atom stereocenters. The molecule has 0 fully saturated rings. The number of sulfonamides is 1. The average molecular weight is 315 g/mol. The van der Waals surface area contributed by atoms with E-state index in [2.05, 4.69) is 0 Å². The Labute approximate surface area is 123 Å². The van der Waals surface area contributed by atoms with E-state index >= 15 is 0 Å². The van der Waals surface area contributed by atoms with Crippen LogP contribution in [0.25, 0.3) is 0 Å². The maximum atomic E-state index is 14.0. The summed E-state index contributed by atoms with van der Waals surface area (Å²) in [6.07, 6.45) is 0. The van der Waals surface area contributed by atoms with Crippen molar-refractivity contribution in [3.8, 4) is 0 Å². The lowest BCUT2D eigenvalue weighted by atomic mass is 10.1. The summed E-state index contributed by atoms with van der Waals surface area (Å²) in [7, 11) is -3.73. The molecule has 0 aliphatic carbocycles. The van der Waals surface area contributed by atoms with Crippen LogP contribution in [0, 0.1) is 5.82 Å².